The van der Waals surface area contributed by atoms with Gasteiger partial charge in [-0.2, -0.15) is 0 Å². The van der Waals surface area contributed by atoms with E-state index in [-0.39, 0.29) is 6.61 Å². The van der Waals surface area contributed by atoms with Gasteiger partial charge in [-0.3, -0.25) is 0 Å². The molecule has 2 nitrogen and oxygen atoms in total. The van der Waals surface area contributed by atoms with E-state index in [1.54, 1.807) is 0 Å². The van der Waals surface area contributed by atoms with E-state index in [1.807, 2.05) is 12.1 Å². The lowest BCUT2D eigenvalue weighted by Gasteiger charge is -2.21. The second-order valence-electron chi connectivity index (χ2n) is 4.30. The van der Waals surface area contributed by atoms with Crippen molar-refractivity contribution >= 4 is 0 Å². The Balaban J connectivity index is 2.67. The van der Waals surface area contributed by atoms with E-state index in [9.17, 15) is 0 Å². The van der Waals surface area contributed by atoms with Gasteiger partial charge in [-0.05, 0) is 30.9 Å². The summed E-state index contributed by atoms with van der Waals surface area (Å²) in [5.41, 5.74) is 2.23. The monoisotopic (exact) mass is 221 g/mol. The van der Waals surface area contributed by atoms with Gasteiger partial charge in [0.2, 0.25) is 0 Å². The summed E-state index contributed by atoms with van der Waals surface area (Å²) in [6, 6.07) is 9.06. The highest BCUT2D eigenvalue weighted by Gasteiger charge is 2.10. The predicted octanol–water partition coefficient (Wildman–Crippen LogP) is 3.02. The van der Waals surface area contributed by atoms with E-state index < -0.39 is 0 Å². The van der Waals surface area contributed by atoms with Gasteiger partial charge in [-0.15, -0.1) is 0 Å². The molecule has 0 spiro atoms. The van der Waals surface area contributed by atoms with Crippen LogP contribution in [0.5, 0.6) is 0 Å². The van der Waals surface area contributed by atoms with E-state index in [1.165, 1.54) is 5.56 Å². The molecule has 16 heavy (non-hydrogen) atoms. The molecule has 1 aromatic carbocycles. The van der Waals surface area contributed by atoms with Crippen LogP contribution in [-0.4, -0.2) is 11.1 Å². The first kappa shape index (κ1) is 13.2. The lowest BCUT2D eigenvalue weighted by atomic mass is 10.0. The summed E-state index contributed by atoms with van der Waals surface area (Å²) in [7, 11) is 0. The van der Waals surface area contributed by atoms with Crippen molar-refractivity contribution in [1.82, 2.24) is 5.32 Å². The summed E-state index contributed by atoms with van der Waals surface area (Å²) >= 11 is 0. The van der Waals surface area contributed by atoms with Crippen molar-refractivity contribution in [1.29, 1.82) is 0 Å². The molecule has 0 heterocycles. The molecule has 0 aliphatic carbocycles. The maximum Gasteiger partial charge on any atom is 0.0681 e. The van der Waals surface area contributed by atoms with Crippen LogP contribution in [0.25, 0.3) is 0 Å². The van der Waals surface area contributed by atoms with Crippen molar-refractivity contribution < 1.29 is 5.11 Å². The summed E-state index contributed by atoms with van der Waals surface area (Å²) in [4.78, 5) is 0. The average molecular weight is 221 g/mol. The maximum atomic E-state index is 9.10. The van der Waals surface area contributed by atoms with Gasteiger partial charge in [-0.25, -0.2) is 0 Å². The van der Waals surface area contributed by atoms with Gasteiger partial charge in [0.1, 0.15) is 0 Å². The number of benzene rings is 1. The lowest BCUT2D eigenvalue weighted by molar-refractivity contribution is 0.281. The molecule has 90 valence electrons. The molecular formula is C14H23NO. The summed E-state index contributed by atoms with van der Waals surface area (Å²) in [6.45, 7) is 6.70. The molecule has 0 saturated carbocycles. The van der Waals surface area contributed by atoms with Gasteiger partial charge in [-0.1, -0.05) is 38.1 Å². The Morgan fingerprint density at radius 1 is 1.25 bits per heavy atom. The van der Waals surface area contributed by atoms with Crippen LogP contribution >= 0.6 is 0 Å². The quantitative estimate of drug-likeness (QED) is 0.774. The van der Waals surface area contributed by atoms with Crippen LogP contribution < -0.4 is 5.32 Å². The molecule has 1 unspecified atom stereocenters. The smallest absolute Gasteiger partial charge is 0.0681 e. The second kappa shape index (κ2) is 6.66. The van der Waals surface area contributed by atoms with Crippen LogP contribution in [0.15, 0.2) is 24.3 Å². The molecule has 0 aliphatic heterocycles. The van der Waals surface area contributed by atoms with Crippen molar-refractivity contribution in [2.45, 2.75) is 52.3 Å². The molecular weight excluding hydrogens is 198 g/mol. The number of nitrogens with one attached hydrogen (secondary N) is 1. The zero-order chi connectivity index (χ0) is 12.0. The topological polar surface area (TPSA) is 32.3 Å². The molecule has 0 amide bonds. The van der Waals surface area contributed by atoms with Crippen molar-refractivity contribution in [2.24, 2.45) is 0 Å². The summed E-state index contributed by atoms with van der Waals surface area (Å²) in [5, 5.41) is 12.7. The first-order chi connectivity index (χ1) is 7.71. The summed E-state index contributed by atoms with van der Waals surface area (Å²) in [6.07, 6.45) is 2.31. The normalized spacial score (nSPS) is 13.1. The number of rotatable bonds is 6. The second-order valence-corrected chi connectivity index (χ2v) is 4.30. The highest BCUT2D eigenvalue weighted by Crippen LogP contribution is 2.16. The molecule has 0 bridgehead atoms. The first-order valence-electron chi connectivity index (χ1n) is 6.17. The fourth-order valence-electron chi connectivity index (χ4n) is 1.93. The molecule has 0 radical (unpaired) electrons. The molecule has 0 aliphatic rings. The molecule has 2 N–H and O–H groups in total. The van der Waals surface area contributed by atoms with E-state index in [2.05, 4.69) is 38.2 Å². The van der Waals surface area contributed by atoms with Crippen LogP contribution in [-0.2, 0) is 6.61 Å². The standard InChI is InChI=1S/C14H23NO/c1-4-14(5-2)15-11(3)13-8-6-7-12(9-13)10-16/h6-9,11,14-16H,4-5,10H2,1-3H3. The maximum absolute atomic E-state index is 9.10. The number of hydrogen-bond acceptors (Lipinski definition) is 2. The van der Waals surface area contributed by atoms with Crippen LogP contribution in [0.4, 0.5) is 0 Å². The minimum atomic E-state index is 0.117. The highest BCUT2D eigenvalue weighted by atomic mass is 16.3. The highest BCUT2D eigenvalue weighted by molar-refractivity contribution is 5.25. The van der Waals surface area contributed by atoms with Gasteiger partial charge < -0.3 is 10.4 Å². The molecule has 1 aromatic rings. The molecule has 0 aromatic heterocycles. The molecule has 2 heteroatoms. The van der Waals surface area contributed by atoms with Crippen molar-refractivity contribution in [2.75, 3.05) is 0 Å². The lowest BCUT2D eigenvalue weighted by Crippen LogP contribution is -2.30. The SMILES string of the molecule is CCC(CC)NC(C)c1cccc(CO)c1. The Hall–Kier alpha value is -0.860. The summed E-state index contributed by atoms with van der Waals surface area (Å²) in [5.74, 6) is 0. The Kier molecular flexibility index (Phi) is 5.50. The van der Waals surface area contributed by atoms with Crippen molar-refractivity contribution in [3.05, 3.63) is 35.4 Å². The van der Waals surface area contributed by atoms with Crippen LogP contribution in [0.3, 0.4) is 0 Å². The molecule has 0 fully saturated rings. The largest absolute Gasteiger partial charge is 0.392 e. The minimum absolute atomic E-state index is 0.117. The number of hydrogen-bond donors (Lipinski definition) is 2. The van der Waals surface area contributed by atoms with Gasteiger partial charge in [0.25, 0.3) is 0 Å². The third-order valence-electron chi connectivity index (χ3n) is 3.10. The molecule has 1 atom stereocenters. The third kappa shape index (κ3) is 3.62. The fraction of sp³-hybridized carbons (Fsp3) is 0.571. The van der Waals surface area contributed by atoms with E-state index in [0.717, 1.165) is 18.4 Å². The van der Waals surface area contributed by atoms with Gasteiger partial charge in [0.15, 0.2) is 0 Å². The van der Waals surface area contributed by atoms with Gasteiger partial charge >= 0.3 is 0 Å². The van der Waals surface area contributed by atoms with Crippen LogP contribution in [0, 0.1) is 0 Å². The minimum Gasteiger partial charge on any atom is -0.392 e. The van der Waals surface area contributed by atoms with Crippen LogP contribution in [0.1, 0.15) is 50.8 Å². The van der Waals surface area contributed by atoms with Gasteiger partial charge in [0.05, 0.1) is 6.61 Å². The molecule has 0 saturated heterocycles. The van der Waals surface area contributed by atoms with Gasteiger partial charge in [0, 0.05) is 12.1 Å². The van der Waals surface area contributed by atoms with Crippen LogP contribution in [0.2, 0.25) is 0 Å². The number of aliphatic hydroxyl groups is 1. The third-order valence-corrected chi connectivity index (χ3v) is 3.10. The Morgan fingerprint density at radius 3 is 2.50 bits per heavy atom. The number of aliphatic hydroxyl groups excluding tert-OH is 1. The van der Waals surface area contributed by atoms with E-state index in [4.69, 9.17) is 5.11 Å². The fourth-order valence-corrected chi connectivity index (χ4v) is 1.93. The zero-order valence-corrected chi connectivity index (χ0v) is 10.5. The Morgan fingerprint density at radius 2 is 1.94 bits per heavy atom. The van der Waals surface area contributed by atoms with Crippen molar-refractivity contribution in [3.63, 3.8) is 0 Å². The van der Waals surface area contributed by atoms with Crippen molar-refractivity contribution in [3.8, 4) is 0 Å². The Labute approximate surface area is 98.7 Å². The molecule has 1 rings (SSSR count). The first-order valence-corrected chi connectivity index (χ1v) is 6.17. The average Bonchev–Trinajstić information content (AvgIpc) is 2.35. The van der Waals surface area contributed by atoms with E-state index in [0.29, 0.717) is 12.1 Å². The zero-order valence-electron chi connectivity index (χ0n) is 10.5. The van der Waals surface area contributed by atoms with E-state index >= 15 is 0 Å². The predicted molar refractivity (Wildman–Crippen MR) is 68.3 cm³/mol. The summed E-state index contributed by atoms with van der Waals surface area (Å²) < 4.78 is 0. The Bertz CT molecular complexity index is 307.